The fourth-order valence-corrected chi connectivity index (χ4v) is 5.28. The van der Waals surface area contributed by atoms with Gasteiger partial charge < -0.3 is 5.32 Å². The second-order valence-electron chi connectivity index (χ2n) is 7.59. The first-order valence-electron chi connectivity index (χ1n) is 10.3. The number of allylic oxidation sites excluding steroid dienone is 1. The lowest BCUT2D eigenvalue weighted by Crippen LogP contribution is -2.26. The van der Waals surface area contributed by atoms with Crippen molar-refractivity contribution in [1.82, 2.24) is 10.3 Å². The molecule has 1 amide bonds. The molecule has 27 heavy (non-hydrogen) atoms. The molecule has 2 aromatic rings. The molecule has 0 atom stereocenters. The van der Waals surface area contributed by atoms with Crippen LogP contribution in [0.5, 0.6) is 0 Å². The predicted molar refractivity (Wildman–Crippen MR) is 113 cm³/mol. The van der Waals surface area contributed by atoms with Gasteiger partial charge in [-0.25, -0.2) is 0 Å². The number of nitrogens with zero attached hydrogens (tertiary/aromatic N) is 1. The van der Waals surface area contributed by atoms with Gasteiger partial charge in [-0.1, -0.05) is 29.8 Å². The molecule has 4 rings (SSSR count). The Morgan fingerprint density at radius 3 is 2.81 bits per heavy atom. The first kappa shape index (κ1) is 18.5. The Labute approximate surface area is 166 Å². The Hall–Kier alpha value is -1.81. The van der Waals surface area contributed by atoms with Crippen molar-refractivity contribution < 1.29 is 4.79 Å². The van der Waals surface area contributed by atoms with E-state index < -0.39 is 0 Å². The highest BCUT2D eigenvalue weighted by Crippen LogP contribution is 2.35. The Kier molecular flexibility index (Phi) is 6.13. The van der Waals surface area contributed by atoms with Crippen molar-refractivity contribution in [3.63, 3.8) is 0 Å². The van der Waals surface area contributed by atoms with Gasteiger partial charge in [0.1, 0.15) is 0 Å². The molecule has 2 aliphatic rings. The molecule has 1 aromatic heterocycles. The van der Waals surface area contributed by atoms with Crippen molar-refractivity contribution in [2.75, 3.05) is 12.3 Å². The summed E-state index contributed by atoms with van der Waals surface area (Å²) >= 11 is 1.69. The van der Waals surface area contributed by atoms with Crippen LogP contribution in [0.2, 0.25) is 0 Å². The summed E-state index contributed by atoms with van der Waals surface area (Å²) in [6.07, 6.45) is 13.0. The zero-order chi connectivity index (χ0) is 18.5. The van der Waals surface area contributed by atoms with E-state index in [2.05, 4.69) is 29.6 Å². The Balaban J connectivity index is 1.40. The molecule has 1 N–H and O–H groups in total. The van der Waals surface area contributed by atoms with Gasteiger partial charge >= 0.3 is 0 Å². The van der Waals surface area contributed by atoms with Crippen LogP contribution in [-0.2, 0) is 17.6 Å². The fraction of sp³-hybridized carbons (Fsp3) is 0.478. The summed E-state index contributed by atoms with van der Waals surface area (Å²) in [6, 6.07) is 8.35. The number of aryl methyl sites for hydroxylation is 1. The van der Waals surface area contributed by atoms with Gasteiger partial charge in [0, 0.05) is 22.5 Å². The molecular formula is C23H28N2OS. The van der Waals surface area contributed by atoms with Crippen molar-refractivity contribution in [3.05, 3.63) is 47.2 Å². The van der Waals surface area contributed by atoms with E-state index in [1.165, 1.54) is 65.6 Å². The third-order valence-electron chi connectivity index (χ3n) is 5.62. The maximum atomic E-state index is 12.4. The number of aromatic nitrogens is 1. The topological polar surface area (TPSA) is 42.0 Å². The maximum Gasteiger partial charge on any atom is 0.230 e. The molecule has 0 aliphatic heterocycles. The summed E-state index contributed by atoms with van der Waals surface area (Å²) in [6.45, 7) is 0.764. The highest BCUT2D eigenvalue weighted by Gasteiger charge is 2.19. The summed E-state index contributed by atoms with van der Waals surface area (Å²) in [4.78, 5) is 18.6. The molecule has 4 heteroatoms. The largest absolute Gasteiger partial charge is 0.355 e. The number of amides is 1. The van der Waals surface area contributed by atoms with Gasteiger partial charge in [-0.05, 0) is 69.4 Å². The number of para-hydroxylation sites is 1. The molecule has 0 bridgehead atoms. The number of nitrogens with one attached hydrogen (secondary N) is 1. The minimum absolute atomic E-state index is 0.141. The molecule has 2 aliphatic carbocycles. The van der Waals surface area contributed by atoms with E-state index in [1.807, 2.05) is 6.07 Å². The number of hydrogen-bond donors (Lipinski definition) is 1. The van der Waals surface area contributed by atoms with Crippen molar-refractivity contribution in [2.45, 2.75) is 62.7 Å². The Morgan fingerprint density at radius 2 is 1.93 bits per heavy atom. The number of pyridine rings is 1. The van der Waals surface area contributed by atoms with Crippen molar-refractivity contribution >= 4 is 28.6 Å². The standard InChI is InChI=1S/C23H28N2OS/c26-22(24-15-14-17-8-2-1-3-9-17)16-27-23-18-10-4-6-12-20(18)25-21-13-7-5-11-19(21)23/h4,6,8,10,12H,1-3,5,7,9,11,13-16H2,(H,24,26). The van der Waals surface area contributed by atoms with Gasteiger partial charge in [0.15, 0.2) is 0 Å². The number of hydrogen-bond acceptors (Lipinski definition) is 3. The summed E-state index contributed by atoms with van der Waals surface area (Å²) in [5.41, 5.74) is 5.20. The van der Waals surface area contributed by atoms with Gasteiger partial charge in [-0.2, -0.15) is 0 Å². The van der Waals surface area contributed by atoms with E-state index in [0.29, 0.717) is 5.75 Å². The molecule has 0 unspecified atom stereocenters. The van der Waals surface area contributed by atoms with Crippen LogP contribution in [0.4, 0.5) is 0 Å². The molecule has 1 aromatic carbocycles. The first-order valence-corrected chi connectivity index (χ1v) is 11.3. The van der Waals surface area contributed by atoms with E-state index >= 15 is 0 Å². The summed E-state index contributed by atoms with van der Waals surface area (Å²) < 4.78 is 0. The second kappa shape index (κ2) is 8.92. The van der Waals surface area contributed by atoms with E-state index in [4.69, 9.17) is 4.98 Å². The second-order valence-corrected chi connectivity index (χ2v) is 8.57. The van der Waals surface area contributed by atoms with Gasteiger partial charge in [0.25, 0.3) is 0 Å². The molecule has 0 fully saturated rings. The average Bonchev–Trinajstić information content (AvgIpc) is 2.72. The normalized spacial score (nSPS) is 16.7. The number of carbonyl (C=O) groups is 1. The van der Waals surface area contributed by atoms with E-state index in [1.54, 1.807) is 11.8 Å². The quantitative estimate of drug-likeness (QED) is 0.552. The van der Waals surface area contributed by atoms with Crippen LogP contribution in [0.3, 0.4) is 0 Å². The van der Waals surface area contributed by atoms with Gasteiger partial charge in [0.05, 0.1) is 11.3 Å². The van der Waals surface area contributed by atoms with Crippen LogP contribution in [0.15, 0.2) is 40.8 Å². The van der Waals surface area contributed by atoms with Crippen LogP contribution in [0.25, 0.3) is 10.9 Å². The number of fused-ring (bicyclic) bond motifs is 2. The lowest BCUT2D eigenvalue weighted by Gasteiger charge is -2.20. The van der Waals surface area contributed by atoms with E-state index in [9.17, 15) is 4.79 Å². The molecule has 142 valence electrons. The molecule has 0 spiro atoms. The fourth-order valence-electron chi connectivity index (χ4n) is 4.18. The third kappa shape index (κ3) is 4.55. The Bertz CT molecular complexity index is 859. The van der Waals surface area contributed by atoms with Crippen molar-refractivity contribution in [2.24, 2.45) is 0 Å². The van der Waals surface area contributed by atoms with Crippen LogP contribution < -0.4 is 5.32 Å². The Morgan fingerprint density at radius 1 is 1.07 bits per heavy atom. The van der Waals surface area contributed by atoms with Crippen molar-refractivity contribution in [3.8, 4) is 0 Å². The number of rotatable bonds is 6. The molecule has 0 saturated heterocycles. The number of benzene rings is 1. The summed E-state index contributed by atoms with van der Waals surface area (Å²) in [7, 11) is 0. The lowest BCUT2D eigenvalue weighted by atomic mass is 9.94. The van der Waals surface area contributed by atoms with E-state index in [0.717, 1.165) is 31.3 Å². The van der Waals surface area contributed by atoms with Crippen LogP contribution in [0.1, 0.15) is 56.2 Å². The van der Waals surface area contributed by atoms with Gasteiger partial charge in [-0.15, -0.1) is 11.8 Å². The zero-order valence-corrected chi connectivity index (χ0v) is 16.7. The molecule has 0 radical (unpaired) electrons. The number of carbonyl (C=O) groups excluding carboxylic acids is 1. The third-order valence-corrected chi connectivity index (χ3v) is 6.78. The van der Waals surface area contributed by atoms with Crippen molar-refractivity contribution in [1.29, 1.82) is 0 Å². The lowest BCUT2D eigenvalue weighted by molar-refractivity contribution is -0.118. The highest BCUT2D eigenvalue weighted by atomic mass is 32.2. The monoisotopic (exact) mass is 380 g/mol. The smallest absolute Gasteiger partial charge is 0.230 e. The highest BCUT2D eigenvalue weighted by molar-refractivity contribution is 8.00. The van der Waals surface area contributed by atoms with Crippen LogP contribution in [-0.4, -0.2) is 23.2 Å². The van der Waals surface area contributed by atoms with Gasteiger partial charge in [-0.3, -0.25) is 9.78 Å². The zero-order valence-electron chi connectivity index (χ0n) is 15.9. The first-order chi connectivity index (χ1) is 13.3. The average molecular weight is 381 g/mol. The molecule has 0 saturated carbocycles. The van der Waals surface area contributed by atoms with Crippen LogP contribution >= 0.6 is 11.8 Å². The maximum absolute atomic E-state index is 12.4. The minimum Gasteiger partial charge on any atom is -0.355 e. The van der Waals surface area contributed by atoms with E-state index in [-0.39, 0.29) is 5.91 Å². The minimum atomic E-state index is 0.141. The SMILES string of the molecule is O=C(CSc1c2c(nc3ccccc13)CCCC2)NCCC1=CCCCC1. The molecular weight excluding hydrogens is 352 g/mol. The molecule has 1 heterocycles. The predicted octanol–water partition coefficient (Wildman–Crippen LogP) is 5.21. The molecule has 3 nitrogen and oxygen atoms in total. The van der Waals surface area contributed by atoms with Crippen LogP contribution in [0, 0.1) is 0 Å². The number of thioether (sulfide) groups is 1. The summed E-state index contributed by atoms with van der Waals surface area (Å²) in [5, 5.41) is 4.31. The van der Waals surface area contributed by atoms with Gasteiger partial charge in [0.2, 0.25) is 5.91 Å². The summed E-state index contributed by atoms with van der Waals surface area (Å²) in [5.74, 6) is 0.626.